The van der Waals surface area contributed by atoms with Crippen LogP contribution in [0.4, 0.5) is 0 Å². The Morgan fingerprint density at radius 2 is 2.24 bits per heavy atom. The third-order valence-electron chi connectivity index (χ3n) is 3.29. The molecule has 3 nitrogen and oxygen atoms in total. The lowest BCUT2D eigenvalue weighted by Gasteiger charge is -2.41. The molecular weight excluding hydrogens is 236 g/mol. The van der Waals surface area contributed by atoms with Crippen LogP contribution in [0.5, 0.6) is 0 Å². The first kappa shape index (κ1) is 10.7. The van der Waals surface area contributed by atoms with E-state index in [0.717, 1.165) is 17.4 Å². The number of aliphatic carboxylic acids is 1. The molecule has 0 radical (unpaired) electrons. The standard InChI is InChI=1S/C13H12O3S/c14-12(15)7-13(5-6-16-13)10-8-17-11-4-2-1-3-9(10)11/h1-4,8H,5-7H2,(H,14,15). The summed E-state index contributed by atoms with van der Waals surface area (Å²) in [4.78, 5) is 11.0. The Morgan fingerprint density at radius 3 is 2.88 bits per heavy atom. The molecule has 0 amide bonds. The minimum atomic E-state index is -0.806. The van der Waals surface area contributed by atoms with Crippen molar-refractivity contribution < 1.29 is 14.6 Å². The molecule has 17 heavy (non-hydrogen) atoms. The summed E-state index contributed by atoms with van der Waals surface area (Å²) in [6.07, 6.45) is 0.841. The summed E-state index contributed by atoms with van der Waals surface area (Å²) >= 11 is 1.64. The van der Waals surface area contributed by atoms with Crippen LogP contribution < -0.4 is 0 Å². The second-order valence-corrected chi connectivity index (χ2v) is 5.22. The van der Waals surface area contributed by atoms with Gasteiger partial charge in [0.25, 0.3) is 0 Å². The molecule has 2 heterocycles. The summed E-state index contributed by atoms with van der Waals surface area (Å²) in [6.45, 7) is 0.650. The fraction of sp³-hybridized carbons (Fsp3) is 0.308. The van der Waals surface area contributed by atoms with Gasteiger partial charge in [-0.3, -0.25) is 4.79 Å². The van der Waals surface area contributed by atoms with Crippen LogP contribution in [0.25, 0.3) is 10.1 Å². The first-order valence-corrected chi connectivity index (χ1v) is 6.42. The lowest BCUT2D eigenvalue weighted by atomic mass is 9.83. The van der Waals surface area contributed by atoms with E-state index in [2.05, 4.69) is 6.07 Å². The summed E-state index contributed by atoms with van der Waals surface area (Å²) in [7, 11) is 0. The van der Waals surface area contributed by atoms with Crippen molar-refractivity contribution in [2.75, 3.05) is 6.61 Å². The number of hydrogen-bond donors (Lipinski definition) is 1. The van der Waals surface area contributed by atoms with Crippen molar-refractivity contribution in [1.82, 2.24) is 0 Å². The van der Waals surface area contributed by atoms with Crippen LogP contribution in [0.1, 0.15) is 18.4 Å². The van der Waals surface area contributed by atoms with Crippen LogP contribution in [-0.2, 0) is 15.1 Å². The van der Waals surface area contributed by atoms with E-state index in [1.54, 1.807) is 11.3 Å². The highest BCUT2D eigenvalue weighted by atomic mass is 32.1. The van der Waals surface area contributed by atoms with Crippen molar-refractivity contribution in [2.24, 2.45) is 0 Å². The van der Waals surface area contributed by atoms with Gasteiger partial charge in [0, 0.05) is 16.7 Å². The van der Waals surface area contributed by atoms with Crippen molar-refractivity contribution in [3.8, 4) is 0 Å². The third kappa shape index (κ3) is 1.64. The molecule has 0 spiro atoms. The van der Waals surface area contributed by atoms with E-state index >= 15 is 0 Å². The van der Waals surface area contributed by atoms with E-state index in [1.807, 2.05) is 23.6 Å². The summed E-state index contributed by atoms with van der Waals surface area (Å²) in [5, 5.41) is 12.2. The zero-order valence-corrected chi connectivity index (χ0v) is 10.00. The fourth-order valence-electron chi connectivity index (χ4n) is 2.37. The highest BCUT2D eigenvalue weighted by Gasteiger charge is 2.43. The second-order valence-electron chi connectivity index (χ2n) is 4.31. The van der Waals surface area contributed by atoms with Gasteiger partial charge >= 0.3 is 5.97 Å². The van der Waals surface area contributed by atoms with Gasteiger partial charge in [-0.25, -0.2) is 0 Å². The highest BCUT2D eigenvalue weighted by molar-refractivity contribution is 7.17. The van der Waals surface area contributed by atoms with E-state index in [0.29, 0.717) is 6.61 Å². The minimum Gasteiger partial charge on any atom is -0.481 e. The molecule has 1 atom stereocenters. The van der Waals surface area contributed by atoms with Gasteiger partial charge in [0.05, 0.1) is 13.0 Å². The number of carbonyl (C=O) groups is 1. The largest absolute Gasteiger partial charge is 0.481 e. The topological polar surface area (TPSA) is 46.5 Å². The second kappa shape index (κ2) is 3.82. The molecule has 0 bridgehead atoms. The van der Waals surface area contributed by atoms with Crippen molar-refractivity contribution >= 4 is 27.4 Å². The molecule has 1 aromatic carbocycles. The van der Waals surface area contributed by atoms with Crippen LogP contribution in [0.3, 0.4) is 0 Å². The zero-order valence-electron chi connectivity index (χ0n) is 9.18. The van der Waals surface area contributed by atoms with Gasteiger partial charge in [0.15, 0.2) is 0 Å². The van der Waals surface area contributed by atoms with E-state index in [1.165, 1.54) is 4.70 Å². The third-order valence-corrected chi connectivity index (χ3v) is 4.26. The molecule has 3 rings (SSSR count). The number of thiophene rings is 1. The van der Waals surface area contributed by atoms with Crippen LogP contribution in [0, 0.1) is 0 Å². The Bertz CT molecular complexity index is 569. The molecule has 1 aliphatic rings. The maximum absolute atomic E-state index is 11.0. The van der Waals surface area contributed by atoms with Crippen molar-refractivity contribution in [3.05, 3.63) is 35.2 Å². The quantitative estimate of drug-likeness (QED) is 0.908. The molecule has 4 heteroatoms. The molecule has 88 valence electrons. The first-order valence-electron chi connectivity index (χ1n) is 5.54. The molecule has 1 N–H and O–H groups in total. The molecule has 0 saturated carbocycles. The summed E-state index contributed by atoms with van der Waals surface area (Å²) in [6, 6.07) is 8.06. The van der Waals surface area contributed by atoms with E-state index in [-0.39, 0.29) is 6.42 Å². The summed E-state index contributed by atoms with van der Waals surface area (Å²) < 4.78 is 6.79. The maximum Gasteiger partial charge on any atom is 0.306 e. The maximum atomic E-state index is 11.0. The molecule has 1 aromatic heterocycles. The Labute approximate surface area is 103 Å². The number of benzene rings is 1. The van der Waals surface area contributed by atoms with Gasteiger partial charge in [-0.15, -0.1) is 11.3 Å². The minimum absolute atomic E-state index is 0.0493. The van der Waals surface area contributed by atoms with Crippen molar-refractivity contribution in [2.45, 2.75) is 18.4 Å². The highest BCUT2D eigenvalue weighted by Crippen LogP contribution is 2.45. The Hall–Kier alpha value is -1.39. The molecule has 0 aliphatic carbocycles. The van der Waals surface area contributed by atoms with Gasteiger partial charge in [-0.1, -0.05) is 18.2 Å². The average molecular weight is 248 g/mol. The van der Waals surface area contributed by atoms with Gasteiger partial charge in [-0.05, 0) is 16.8 Å². The predicted molar refractivity (Wildman–Crippen MR) is 66.3 cm³/mol. The lowest BCUT2D eigenvalue weighted by molar-refractivity contribution is -0.175. The lowest BCUT2D eigenvalue weighted by Crippen LogP contribution is -2.42. The molecule has 1 saturated heterocycles. The molecule has 1 unspecified atom stereocenters. The molecular formula is C13H12O3S. The summed E-state index contributed by atoms with van der Waals surface area (Å²) in [5.74, 6) is -0.806. The monoisotopic (exact) mass is 248 g/mol. The van der Waals surface area contributed by atoms with Crippen LogP contribution in [-0.4, -0.2) is 17.7 Å². The number of hydrogen-bond acceptors (Lipinski definition) is 3. The van der Waals surface area contributed by atoms with E-state index < -0.39 is 11.6 Å². The average Bonchev–Trinajstić information content (AvgIpc) is 2.67. The first-order chi connectivity index (χ1) is 8.21. The zero-order chi connectivity index (χ0) is 11.9. The van der Waals surface area contributed by atoms with Crippen LogP contribution in [0.2, 0.25) is 0 Å². The normalized spacial score (nSPS) is 23.5. The number of ether oxygens (including phenoxy) is 1. The van der Waals surface area contributed by atoms with Crippen LogP contribution in [0.15, 0.2) is 29.6 Å². The van der Waals surface area contributed by atoms with Gasteiger partial charge in [0.1, 0.15) is 5.60 Å². The van der Waals surface area contributed by atoms with Crippen molar-refractivity contribution in [1.29, 1.82) is 0 Å². The van der Waals surface area contributed by atoms with Crippen LogP contribution >= 0.6 is 11.3 Å². The Morgan fingerprint density at radius 1 is 1.47 bits per heavy atom. The fourth-order valence-corrected chi connectivity index (χ4v) is 3.42. The Balaban J connectivity index is 2.10. The molecule has 1 aliphatic heterocycles. The molecule has 2 aromatic rings. The smallest absolute Gasteiger partial charge is 0.306 e. The summed E-state index contributed by atoms with van der Waals surface area (Å²) in [5.41, 5.74) is 0.442. The van der Waals surface area contributed by atoms with Gasteiger partial charge < -0.3 is 9.84 Å². The van der Waals surface area contributed by atoms with Gasteiger partial charge in [0.2, 0.25) is 0 Å². The molecule has 1 fully saturated rings. The number of fused-ring (bicyclic) bond motifs is 1. The SMILES string of the molecule is O=C(O)CC1(c2csc3ccccc23)CCO1. The van der Waals surface area contributed by atoms with E-state index in [4.69, 9.17) is 9.84 Å². The van der Waals surface area contributed by atoms with Gasteiger partial charge in [-0.2, -0.15) is 0 Å². The number of carboxylic acids is 1. The predicted octanol–water partition coefficient (Wildman–Crippen LogP) is 2.99. The van der Waals surface area contributed by atoms with Crippen molar-refractivity contribution in [3.63, 3.8) is 0 Å². The Kier molecular flexibility index (Phi) is 2.42. The van der Waals surface area contributed by atoms with E-state index in [9.17, 15) is 4.79 Å². The number of carboxylic acid groups (broad SMARTS) is 1. The number of rotatable bonds is 3.